The van der Waals surface area contributed by atoms with Crippen molar-refractivity contribution in [3.63, 3.8) is 0 Å². The summed E-state index contributed by atoms with van der Waals surface area (Å²) in [5, 5.41) is 0.390. The summed E-state index contributed by atoms with van der Waals surface area (Å²) in [5.74, 6) is 0.593. The van der Waals surface area contributed by atoms with Crippen LogP contribution in [0.15, 0.2) is 12.1 Å². The van der Waals surface area contributed by atoms with Crippen LogP contribution in [0.25, 0.3) is 0 Å². The van der Waals surface area contributed by atoms with E-state index in [9.17, 15) is 4.79 Å². The number of nitrogens with zero attached hydrogens (tertiary/aromatic N) is 3. The van der Waals surface area contributed by atoms with Crippen molar-refractivity contribution in [2.45, 2.75) is 19.8 Å². The van der Waals surface area contributed by atoms with Gasteiger partial charge in [-0.15, -0.1) is 0 Å². The highest BCUT2D eigenvalue weighted by Gasteiger charge is 2.23. The summed E-state index contributed by atoms with van der Waals surface area (Å²) in [7, 11) is 3.98. The van der Waals surface area contributed by atoms with E-state index < -0.39 is 0 Å². The Labute approximate surface area is 125 Å². The molecule has 0 aliphatic carbocycles. The fourth-order valence-electron chi connectivity index (χ4n) is 2.72. The first-order valence-corrected chi connectivity index (χ1v) is 7.48. The average molecular weight is 296 g/mol. The maximum atomic E-state index is 12.5. The van der Waals surface area contributed by atoms with Crippen LogP contribution in [-0.2, 0) is 6.42 Å². The quantitative estimate of drug-likeness (QED) is 0.800. The van der Waals surface area contributed by atoms with E-state index >= 15 is 0 Å². The molecule has 1 fully saturated rings. The summed E-state index contributed by atoms with van der Waals surface area (Å²) in [4.78, 5) is 20.8. The van der Waals surface area contributed by atoms with Crippen LogP contribution in [0.2, 0.25) is 5.15 Å². The molecular weight excluding hydrogens is 274 g/mol. The molecule has 0 radical (unpaired) electrons. The largest absolute Gasteiger partial charge is 0.341 e. The summed E-state index contributed by atoms with van der Waals surface area (Å²) in [6.45, 7) is 4.98. The highest BCUT2D eigenvalue weighted by molar-refractivity contribution is 6.29. The van der Waals surface area contributed by atoms with E-state index in [2.05, 4.69) is 16.9 Å². The van der Waals surface area contributed by atoms with Crippen molar-refractivity contribution in [2.75, 3.05) is 33.7 Å². The second kappa shape index (κ2) is 6.55. The van der Waals surface area contributed by atoms with E-state index in [1.165, 1.54) is 0 Å². The molecule has 1 aliphatic rings. The van der Waals surface area contributed by atoms with Crippen LogP contribution >= 0.6 is 11.6 Å². The van der Waals surface area contributed by atoms with Crippen molar-refractivity contribution in [2.24, 2.45) is 5.92 Å². The predicted octanol–water partition coefficient (Wildman–Crippen LogP) is 2.32. The second-order valence-electron chi connectivity index (χ2n) is 5.63. The zero-order valence-electron chi connectivity index (χ0n) is 12.4. The third-order valence-corrected chi connectivity index (χ3v) is 4.02. The van der Waals surface area contributed by atoms with Crippen molar-refractivity contribution < 1.29 is 4.79 Å². The van der Waals surface area contributed by atoms with Gasteiger partial charge in [0.1, 0.15) is 5.15 Å². The number of carbonyl (C=O) groups excluding carboxylic acids is 1. The number of aryl methyl sites for hydroxylation is 1. The van der Waals surface area contributed by atoms with Gasteiger partial charge in [-0.05, 0) is 44.5 Å². The topological polar surface area (TPSA) is 36.4 Å². The van der Waals surface area contributed by atoms with Gasteiger partial charge in [0.25, 0.3) is 5.91 Å². The molecule has 2 heterocycles. The average Bonchev–Trinajstić information content (AvgIpc) is 2.82. The minimum Gasteiger partial charge on any atom is -0.341 e. The van der Waals surface area contributed by atoms with Gasteiger partial charge in [-0.1, -0.05) is 18.5 Å². The van der Waals surface area contributed by atoms with Crippen LogP contribution in [0.3, 0.4) is 0 Å². The number of rotatable bonds is 4. The molecule has 1 unspecified atom stereocenters. The lowest BCUT2D eigenvalue weighted by Gasteiger charge is -2.21. The summed E-state index contributed by atoms with van der Waals surface area (Å²) < 4.78 is 0. The summed E-state index contributed by atoms with van der Waals surface area (Å²) in [6, 6.07) is 3.49. The Morgan fingerprint density at radius 2 is 2.30 bits per heavy atom. The minimum absolute atomic E-state index is 0.0264. The maximum absolute atomic E-state index is 12.5. The molecular formula is C15H22ClN3O. The molecule has 1 saturated heterocycles. The van der Waals surface area contributed by atoms with Crippen LogP contribution in [-0.4, -0.2) is 54.4 Å². The molecule has 0 bridgehead atoms. The molecule has 2 rings (SSSR count). The number of halogens is 1. The summed E-state index contributed by atoms with van der Waals surface area (Å²) >= 11 is 5.98. The van der Waals surface area contributed by atoms with E-state index in [1.807, 2.05) is 20.0 Å². The van der Waals surface area contributed by atoms with Gasteiger partial charge in [0.2, 0.25) is 0 Å². The Morgan fingerprint density at radius 3 is 2.90 bits per heavy atom. The zero-order chi connectivity index (χ0) is 14.7. The lowest BCUT2D eigenvalue weighted by molar-refractivity contribution is 0.0774. The molecule has 0 spiro atoms. The number of carbonyl (C=O) groups is 1. The molecule has 0 N–H and O–H groups in total. The molecule has 1 aliphatic heterocycles. The van der Waals surface area contributed by atoms with Gasteiger partial charge in [-0.25, -0.2) is 4.98 Å². The summed E-state index contributed by atoms with van der Waals surface area (Å²) in [6.07, 6.45) is 1.93. The number of amides is 1. The first kappa shape index (κ1) is 15.3. The van der Waals surface area contributed by atoms with E-state index in [-0.39, 0.29) is 5.91 Å². The van der Waals surface area contributed by atoms with Crippen molar-refractivity contribution in [1.29, 1.82) is 0 Å². The fourth-order valence-corrected chi connectivity index (χ4v) is 2.95. The Kier molecular flexibility index (Phi) is 5.00. The Bertz CT molecular complexity index is 492. The molecule has 0 aromatic carbocycles. The zero-order valence-corrected chi connectivity index (χ0v) is 13.2. The van der Waals surface area contributed by atoms with Crippen LogP contribution < -0.4 is 0 Å². The molecule has 110 valence electrons. The number of pyridine rings is 1. The Balaban J connectivity index is 2.04. The van der Waals surface area contributed by atoms with Gasteiger partial charge in [0.05, 0.1) is 0 Å². The monoisotopic (exact) mass is 295 g/mol. The number of aromatic nitrogens is 1. The first-order valence-electron chi connectivity index (χ1n) is 7.10. The smallest absolute Gasteiger partial charge is 0.253 e. The lowest BCUT2D eigenvalue weighted by atomic mass is 10.1. The Hall–Kier alpha value is -1.13. The Morgan fingerprint density at radius 1 is 1.55 bits per heavy atom. The molecule has 1 aromatic heterocycles. The van der Waals surface area contributed by atoms with Crippen molar-refractivity contribution in [3.05, 3.63) is 28.5 Å². The summed E-state index contributed by atoms with van der Waals surface area (Å²) in [5.41, 5.74) is 1.49. The fraction of sp³-hybridized carbons (Fsp3) is 0.600. The molecule has 1 amide bonds. The van der Waals surface area contributed by atoms with E-state index in [1.54, 1.807) is 11.0 Å². The number of hydrogen-bond donors (Lipinski definition) is 0. The SMILES string of the molecule is CCc1cc(C(=O)N(C)CC2CCN(C)C2)cc(Cl)n1. The maximum Gasteiger partial charge on any atom is 0.253 e. The molecule has 4 nitrogen and oxygen atoms in total. The number of hydrogen-bond acceptors (Lipinski definition) is 3. The molecule has 20 heavy (non-hydrogen) atoms. The van der Waals surface area contributed by atoms with Crippen LogP contribution in [0.5, 0.6) is 0 Å². The molecule has 1 aromatic rings. The molecule has 0 saturated carbocycles. The van der Waals surface area contributed by atoms with Gasteiger partial charge < -0.3 is 9.80 Å². The highest BCUT2D eigenvalue weighted by atomic mass is 35.5. The van der Waals surface area contributed by atoms with Gasteiger partial charge in [0, 0.05) is 31.4 Å². The third kappa shape index (κ3) is 3.70. The minimum atomic E-state index is 0.0264. The van der Waals surface area contributed by atoms with Crippen molar-refractivity contribution in [3.8, 4) is 0 Å². The van der Waals surface area contributed by atoms with Crippen LogP contribution in [0, 0.1) is 5.92 Å². The van der Waals surface area contributed by atoms with Crippen molar-refractivity contribution >= 4 is 17.5 Å². The van der Waals surface area contributed by atoms with Crippen LogP contribution in [0.4, 0.5) is 0 Å². The van der Waals surface area contributed by atoms with Gasteiger partial charge in [-0.2, -0.15) is 0 Å². The van der Waals surface area contributed by atoms with Crippen LogP contribution in [0.1, 0.15) is 29.4 Å². The predicted molar refractivity (Wildman–Crippen MR) is 81.2 cm³/mol. The van der Waals surface area contributed by atoms with Gasteiger partial charge in [0.15, 0.2) is 0 Å². The van der Waals surface area contributed by atoms with Gasteiger partial charge >= 0.3 is 0 Å². The third-order valence-electron chi connectivity index (χ3n) is 3.82. The normalized spacial score (nSPS) is 19.3. The first-order chi connectivity index (χ1) is 9.49. The second-order valence-corrected chi connectivity index (χ2v) is 6.01. The van der Waals surface area contributed by atoms with Crippen molar-refractivity contribution in [1.82, 2.24) is 14.8 Å². The molecule has 5 heteroatoms. The lowest BCUT2D eigenvalue weighted by Crippen LogP contribution is -2.33. The van der Waals surface area contributed by atoms with Gasteiger partial charge in [-0.3, -0.25) is 4.79 Å². The van der Waals surface area contributed by atoms with E-state index in [4.69, 9.17) is 11.6 Å². The van der Waals surface area contributed by atoms with E-state index in [0.717, 1.165) is 38.2 Å². The number of likely N-dealkylation sites (tertiary alicyclic amines) is 1. The highest BCUT2D eigenvalue weighted by Crippen LogP contribution is 2.18. The van der Waals surface area contributed by atoms with E-state index in [0.29, 0.717) is 16.6 Å². The molecule has 1 atom stereocenters. The standard InChI is InChI=1S/C15H22ClN3O/c1-4-13-7-12(8-14(16)17-13)15(20)19(3)10-11-5-6-18(2)9-11/h7-8,11H,4-6,9-10H2,1-3H3.